The Morgan fingerprint density at radius 1 is 1.22 bits per heavy atom. The van der Waals surface area contributed by atoms with Crippen molar-refractivity contribution in [1.29, 1.82) is 0 Å². The van der Waals surface area contributed by atoms with Crippen LogP contribution in [0, 0.1) is 0 Å². The molecule has 2 aliphatic rings. The van der Waals surface area contributed by atoms with E-state index in [9.17, 15) is 14.4 Å². The van der Waals surface area contributed by atoms with E-state index < -0.39 is 5.54 Å². The number of hydrogen-bond donors (Lipinski definition) is 0. The van der Waals surface area contributed by atoms with Crippen LogP contribution >= 0.6 is 11.3 Å². The third kappa shape index (κ3) is 2.93. The van der Waals surface area contributed by atoms with Crippen molar-refractivity contribution in [3.8, 4) is 0 Å². The standard InChI is InChI=1S/C19H22N4O3S/c1-14(24)23-10-17(25)22(15-5-9-27-11-15)13-19(23)6-8-21(12-19)18(26)16-4-3-7-20(16)2/h3-5,7,9,11H,6,8,10,12-13H2,1-2H3. The van der Waals surface area contributed by atoms with Crippen molar-refractivity contribution in [3.05, 3.63) is 40.8 Å². The molecule has 2 fully saturated rings. The molecule has 0 radical (unpaired) electrons. The number of thiophene rings is 1. The molecule has 2 aromatic heterocycles. The maximum absolute atomic E-state index is 12.9. The lowest BCUT2D eigenvalue weighted by atomic mass is 9.92. The van der Waals surface area contributed by atoms with Gasteiger partial charge in [0.05, 0.1) is 17.8 Å². The van der Waals surface area contributed by atoms with Gasteiger partial charge in [-0.2, -0.15) is 11.3 Å². The van der Waals surface area contributed by atoms with Crippen LogP contribution in [0.3, 0.4) is 0 Å². The van der Waals surface area contributed by atoms with Crippen molar-refractivity contribution in [3.63, 3.8) is 0 Å². The third-order valence-corrected chi connectivity index (χ3v) is 6.27. The molecule has 0 aromatic carbocycles. The molecule has 1 unspecified atom stereocenters. The fraction of sp³-hybridized carbons (Fsp3) is 0.421. The van der Waals surface area contributed by atoms with Crippen LogP contribution in [0.4, 0.5) is 5.69 Å². The highest BCUT2D eigenvalue weighted by Gasteiger charge is 2.51. The molecule has 0 saturated carbocycles. The molecule has 0 N–H and O–H groups in total. The number of nitrogens with zero attached hydrogens (tertiary/aromatic N) is 4. The van der Waals surface area contributed by atoms with Gasteiger partial charge >= 0.3 is 0 Å². The van der Waals surface area contributed by atoms with Gasteiger partial charge < -0.3 is 19.3 Å². The molecule has 142 valence electrons. The van der Waals surface area contributed by atoms with Crippen LogP contribution in [0.15, 0.2) is 35.2 Å². The minimum Gasteiger partial charge on any atom is -0.347 e. The lowest BCUT2D eigenvalue weighted by Crippen LogP contribution is -2.67. The summed E-state index contributed by atoms with van der Waals surface area (Å²) in [5, 5.41) is 3.88. The maximum Gasteiger partial charge on any atom is 0.270 e. The summed E-state index contributed by atoms with van der Waals surface area (Å²) in [6.07, 6.45) is 2.51. The topological polar surface area (TPSA) is 65.9 Å². The van der Waals surface area contributed by atoms with Crippen LogP contribution < -0.4 is 4.90 Å². The lowest BCUT2D eigenvalue weighted by Gasteiger charge is -2.47. The summed E-state index contributed by atoms with van der Waals surface area (Å²) >= 11 is 1.54. The second-order valence-electron chi connectivity index (χ2n) is 7.27. The number of anilines is 1. The molecule has 0 bridgehead atoms. The molecule has 7 nitrogen and oxygen atoms in total. The van der Waals surface area contributed by atoms with E-state index in [0.29, 0.717) is 31.7 Å². The van der Waals surface area contributed by atoms with Crippen LogP contribution in [-0.2, 0) is 16.6 Å². The van der Waals surface area contributed by atoms with Crippen molar-refractivity contribution < 1.29 is 14.4 Å². The van der Waals surface area contributed by atoms with Crippen LogP contribution in [0.25, 0.3) is 0 Å². The number of rotatable bonds is 2. The number of hydrogen-bond acceptors (Lipinski definition) is 4. The van der Waals surface area contributed by atoms with Crippen LogP contribution in [0.5, 0.6) is 0 Å². The molecule has 8 heteroatoms. The van der Waals surface area contributed by atoms with E-state index >= 15 is 0 Å². The smallest absolute Gasteiger partial charge is 0.270 e. The van der Waals surface area contributed by atoms with Gasteiger partial charge in [0.15, 0.2) is 0 Å². The van der Waals surface area contributed by atoms with Gasteiger partial charge in [-0.3, -0.25) is 14.4 Å². The summed E-state index contributed by atoms with van der Waals surface area (Å²) < 4.78 is 1.80. The molecule has 4 rings (SSSR count). The van der Waals surface area contributed by atoms with E-state index in [2.05, 4.69) is 0 Å². The molecule has 27 heavy (non-hydrogen) atoms. The molecule has 2 saturated heterocycles. The van der Waals surface area contributed by atoms with E-state index in [1.807, 2.05) is 36.1 Å². The highest BCUT2D eigenvalue weighted by Crippen LogP contribution is 2.35. The maximum atomic E-state index is 12.9. The number of carbonyl (C=O) groups excluding carboxylic acids is 3. The van der Waals surface area contributed by atoms with E-state index in [1.165, 1.54) is 18.3 Å². The van der Waals surface area contributed by atoms with Gasteiger partial charge in [0, 0.05) is 38.6 Å². The summed E-state index contributed by atoms with van der Waals surface area (Å²) in [6, 6.07) is 5.57. The molecule has 4 heterocycles. The number of carbonyl (C=O) groups is 3. The Morgan fingerprint density at radius 2 is 2.04 bits per heavy atom. The van der Waals surface area contributed by atoms with Crippen LogP contribution in [0.1, 0.15) is 23.8 Å². The summed E-state index contributed by atoms with van der Waals surface area (Å²) in [7, 11) is 1.85. The molecule has 2 aromatic rings. The predicted molar refractivity (Wildman–Crippen MR) is 103 cm³/mol. The van der Waals surface area contributed by atoms with Crippen molar-refractivity contribution in [2.75, 3.05) is 31.1 Å². The molecule has 0 aliphatic carbocycles. The first kappa shape index (κ1) is 17.8. The van der Waals surface area contributed by atoms with Gasteiger partial charge in [-0.05, 0) is 30.0 Å². The molecular weight excluding hydrogens is 364 g/mol. The van der Waals surface area contributed by atoms with Crippen LogP contribution in [-0.4, -0.2) is 63.8 Å². The van der Waals surface area contributed by atoms with E-state index in [-0.39, 0.29) is 24.3 Å². The minimum atomic E-state index is -0.539. The summed E-state index contributed by atoms with van der Waals surface area (Å²) in [6.45, 7) is 2.97. The lowest BCUT2D eigenvalue weighted by molar-refractivity contribution is -0.142. The zero-order valence-electron chi connectivity index (χ0n) is 15.4. The summed E-state index contributed by atoms with van der Waals surface area (Å²) in [5.41, 5.74) is 0.950. The fourth-order valence-electron chi connectivity index (χ4n) is 4.17. The Bertz CT molecular complexity index is 891. The molecule has 1 spiro atoms. The fourth-order valence-corrected chi connectivity index (χ4v) is 4.81. The highest BCUT2D eigenvalue weighted by molar-refractivity contribution is 7.08. The number of piperazine rings is 1. The van der Waals surface area contributed by atoms with E-state index in [1.54, 1.807) is 25.3 Å². The van der Waals surface area contributed by atoms with Crippen molar-refractivity contribution in [2.24, 2.45) is 7.05 Å². The molecule has 1 atom stereocenters. The van der Waals surface area contributed by atoms with E-state index in [4.69, 9.17) is 0 Å². The van der Waals surface area contributed by atoms with Gasteiger partial charge in [0.25, 0.3) is 5.91 Å². The van der Waals surface area contributed by atoms with Crippen molar-refractivity contribution in [2.45, 2.75) is 18.9 Å². The minimum absolute atomic E-state index is 0.0399. The monoisotopic (exact) mass is 386 g/mol. The third-order valence-electron chi connectivity index (χ3n) is 5.60. The van der Waals surface area contributed by atoms with Gasteiger partial charge in [-0.1, -0.05) is 0 Å². The Balaban J connectivity index is 1.62. The Hall–Kier alpha value is -2.61. The number of amides is 3. The van der Waals surface area contributed by atoms with Crippen molar-refractivity contribution >= 4 is 34.7 Å². The highest BCUT2D eigenvalue weighted by atomic mass is 32.1. The number of aryl methyl sites for hydroxylation is 1. The van der Waals surface area contributed by atoms with E-state index in [0.717, 1.165) is 5.69 Å². The number of aromatic nitrogens is 1. The van der Waals surface area contributed by atoms with Crippen molar-refractivity contribution in [1.82, 2.24) is 14.4 Å². The first-order valence-corrected chi connectivity index (χ1v) is 9.87. The second kappa shape index (κ2) is 6.53. The normalized spacial score (nSPS) is 22.7. The zero-order chi connectivity index (χ0) is 19.2. The summed E-state index contributed by atoms with van der Waals surface area (Å²) in [4.78, 5) is 43.1. The van der Waals surface area contributed by atoms with Gasteiger partial charge in [0.1, 0.15) is 12.2 Å². The molecular formula is C19H22N4O3S. The van der Waals surface area contributed by atoms with Gasteiger partial charge in [-0.15, -0.1) is 0 Å². The Kier molecular flexibility index (Phi) is 4.30. The average molecular weight is 386 g/mol. The largest absolute Gasteiger partial charge is 0.347 e. The quantitative estimate of drug-likeness (QED) is 0.787. The van der Waals surface area contributed by atoms with Gasteiger partial charge in [-0.25, -0.2) is 0 Å². The average Bonchev–Trinajstić information content (AvgIpc) is 3.37. The SMILES string of the molecule is CC(=O)N1CC(=O)N(c2ccsc2)CC12CCN(C(=O)c1cccn1C)C2. The molecule has 3 amide bonds. The van der Waals surface area contributed by atoms with Gasteiger partial charge in [0.2, 0.25) is 11.8 Å². The zero-order valence-corrected chi connectivity index (χ0v) is 16.2. The number of likely N-dealkylation sites (tertiary alicyclic amines) is 1. The first-order valence-electron chi connectivity index (χ1n) is 8.93. The molecule has 2 aliphatic heterocycles. The second-order valence-corrected chi connectivity index (χ2v) is 8.05. The first-order chi connectivity index (χ1) is 12.9. The van der Waals surface area contributed by atoms with Crippen LogP contribution in [0.2, 0.25) is 0 Å². The summed E-state index contributed by atoms with van der Waals surface area (Å²) in [5.74, 6) is -0.246. The Morgan fingerprint density at radius 3 is 2.67 bits per heavy atom. The predicted octanol–water partition coefficient (Wildman–Crippen LogP) is 1.57. The Labute approximate surface area is 161 Å².